The number of nitrogens with zero attached hydrogens (tertiary/aromatic N) is 1. The molecule has 3 aromatic rings. The first kappa shape index (κ1) is 11.4. The number of benzene rings is 2. The van der Waals surface area contributed by atoms with Crippen LogP contribution in [0.25, 0.3) is 22.2 Å². The highest BCUT2D eigenvalue weighted by Gasteiger charge is 2.24. The summed E-state index contributed by atoms with van der Waals surface area (Å²) in [5, 5.41) is 1.34. The minimum Gasteiger partial charge on any atom is -0.493 e. The highest BCUT2D eigenvalue weighted by Crippen LogP contribution is 2.41. The van der Waals surface area contributed by atoms with Crippen molar-refractivity contribution in [2.24, 2.45) is 0 Å². The number of para-hydroxylation sites is 1. The van der Waals surface area contributed by atoms with Crippen LogP contribution in [0.3, 0.4) is 0 Å². The zero-order chi connectivity index (χ0) is 13.8. The average molecular weight is 275 g/mol. The van der Waals surface area contributed by atoms with Gasteiger partial charge in [0.25, 0.3) is 0 Å². The van der Waals surface area contributed by atoms with Crippen LogP contribution < -0.4 is 4.74 Å². The van der Waals surface area contributed by atoms with E-state index in [2.05, 4.69) is 47.0 Å². The molecule has 2 heteroatoms. The Hall–Kier alpha value is -2.22. The van der Waals surface area contributed by atoms with Crippen LogP contribution in [-0.4, -0.2) is 11.2 Å². The first-order valence-corrected chi connectivity index (χ1v) is 7.78. The van der Waals surface area contributed by atoms with E-state index in [9.17, 15) is 0 Å². The van der Waals surface area contributed by atoms with Crippen LogP contribution in [0.4, 0.5) is 0 Å². The van der Waals surface area contributed by atoms with Crippen molar-refractivity contribution in [2.45, 2.75) is 25.8 Å². The van der Waals surface area contributed by atoms with Crippen LogP contribution in [-0.2, 0) is 19.4 Å². The number of ether oxygens (including phenoxy) is 1. The SMILES string of the molecule is c1ccc2c(c1)cc1n2CCCc2ccc3c(c2-1)CCO3. The van der Waals surface area contributed by atoms with E-state index in [4.69, 9.17) is 4.74 Å². The summed E-state index contributed by atoms with van der Waals surface area (Å²) in [6, 6.07) is 15.5. The summed E-state index contributed by atoms with van der Waals surface area (Å²) in [7, 11) is 0. The highest BCUT2D eigenvalue weighted by molar-refractivity contribution is 5.89. The molecule has 0 atom stereocenters. The fourth-order valence-corrected chi connectivity index (χ4v) is 3.94. The highest BCUT2D eigenvalue weighted by atomic mass is 16.5. The lowest BCUT2D eigenvalue weighted by atomic mass is 9.94. The smallest absolute Gasteiger partial charge is 0.123 e. The molecule has 0 unspecified atom stereocenters. The van der Waals surface area contributed by atoms with E-state index in [0.717, 1.165) is 25.3 Å². The largest absolute Gasteiger partial charge is 0.493 e. The molecule has 2 nitrogen and oxygen atoms in total. The van der Waals surface area contributed by atoms with Crippen molar-refractivity contribution in [1.29, 1.82) is 0 Å². The van der Waals surface area contributed by atoms with E-state index in [1.54, 1.807) is 0 Å². The van der Waals surface area contributed by atoms with Crippen molar-refractivity contribution in [2.75, 3.05) is 6.61 Å². The fourth-order valence-electron chi connectivity index (χ4n) is 3.94. The Bertz CT molecular complexity index is 859. The predicted octanol–water partition coefficient (Wildman–Crippen LogP) is 4.19. The fraction of sp³-hybridized carbons (Fsp3) is 0.263. The van der Waals surface area contributed by atoms with Crippen molar-refractivity contribution >= 4 is 10.9 Å². The zero-order valence-corrected chi connectivity index (χ0v) is 11.9. The van der Waals surface area contributed by atoms with Crippen LogP contribution in [0.5, 0.6) is 5.75 Å². The summed E-state index contributed by atoms with van der Waals surface area (Å²) in [6.07, 6.45) is 3.41. The summed E-state index contributed by atoms with van der Waals surface area (Å²) >= 11 is 0. The van der Waals surface area contributed by atoms with Crippen molar-refractivity contribution < 1.29 is 4.74 Å². The third kappa shape index (κ3) is 1.53. The topological polar surface area (TPSA) is 14.2 Å². The van der Waals surface area contributed by atoms with Gasteiger partial charge in [-0.2, -0.15) is 0 Å². The molecule has 0 N–H and O–H groups in total. The minimum atomic E-state index is 0.825. The lowest BCUT2D eigenvalue weighted by molar-refractivity contribution is 0.357. The van der Waals surface area contributed by atoms with E-state index >= 15 is 0 Å². The molecule has 0 amide bonds. The average Bonchev–Trinajstić information content (AvgIpc) is 3.08. The van der Waals surface area contributed by atoms with Gasteiger partial charge in [0, 0.05) is 40.7 Å². The van der Waals surface area contributed by atoms with Crippen LogP contribution in [0.1, 0.15) is 17.5 Å². The van der Waals surface area contributed by atoms with Crippen molar-refractivity contribution in [3.63, 3.8) is 0 Å². The first-order valence-electron chi connectivity index (χ1n) is 7.78. The molecule has 0 saturated heterocycles. The summed E-state index contributed by atoms with van der Waals surface area (Å²) in [5.41, 5.74) is 7.08. The Labute approximate surface area is 124 Å². The Morgan fingerprint density at radius 2 is 1.95 bits per heavy atom. The number of aryl methyl sites for hydroxylation is 2. The summed E-state index contributed by atoms with van der Waals surface area (Å²) < 4.78 is 8.28. The maximum absolute atomic E-state index is 5.79. The van der Waals surface area contributed by atoms with Gasteiger partial charge in [-0.05, 0) is 36.6 Å². The number of hydrogen-bond donors (Lipinski definition) is 0. The molecule has 0 spiro atoms. The van der Waals surface area contributed by atoms with Gasteiger partial charge in [-0.25, -0.2) is 0 Å². The zero-order valence-electron chi connectivity index (χ0n) is 11.9. The van der Waals surface area contributed by atoms with Gasteiger partial charge in [-0.15, -0.1) is 0 Å². The molecule has 2 aliphatic heterocycles. The molecule has 2 aliphatic rings. The second-order valence-corrected chi connectivity index (χ2v) is 6.02. The second kappa shape index (κ2) is 4.14. The third-order valence-corrected chi connectivity index (χ3v) is 4.86. The molecular weight excluding hydrogens is 258 g/mol. The molecule has 0 fully saturated rings. The normalized spacial score (nSPS) is 16.0. The molecule has 2 aromatic carbocycles. The number of rotatable bonds is 0. The van der Waals surface area contributed by atoms with Crippen molar-refractivity contribution in [3.05, 3.63) is 53.6 Å². The van der Waals surface area contributed by atoms with Gasteiger partial charge in [0.05, 0.1) is 6.61 Å². The predicted molar refractivity (Wildman–Crippen MR) is 84.9 cm³/mol. The Balaban J connectivity index is 1.89. The van der Waals surface area contributed by atoms with E-state index < -0.39 is 0 Å². The molecule has 1 aromatic heterocycles. The van der Waals surface area contributed by atoms with Crippen LogP contribution in [0.2, 0.25) is 0 Å². The molecule has 0 saturated carbocycles. The maximum Gasteiger partial charge on any atom is 0.123 e. The summed E-state index contributed by atoms with van der Waals surface area (Å²) in [4.78, 5) is 0. The Morgan fingerprint density at radius 1 is 1.00 bits per heavy atom. The lowest BCUT2D eigenvalue weighted by Gasteiger charge is -2.12. The Morgan fingerprint density at radius 3 is 2.95 bits per heavy atom. The minimum absolute atomic E-state index is 0.825. The molecular formula is C19H17NO. The standard InChI is InChI=1S/C19H17NO/c1-2-6-16-14(4-1)12-17-19-13(5-3-10-20(16)17)7-8-18-15(19)9-11-21-18/h1-2,4,6-8,12H,3,5,9-11H2. The van der Waals surface area contributed by atoms with Crippen LogP contribution in [0.15, 0.2) is 42.5 Å². The molecule has 0 radical (unpaired) electrons. The second-order valence-electron chi connectivity index (χ2n) is 6.02. The molecule has 0 bridgehead atoms. The van der Waals surface area contributed by atoms with Gasteiger partial charge in [0.1, 0.15) is 5.75 Å². The van der Waals surface area contributed by atoms with Crippen molar-refractivity contribution in [3.8, 4) is 17.0 Å². The molecule has 0 aliphatic carbocycles. The van der Waals surface area contributed by atoms with E-state index in [0.29, 0.717) is 0 Å². The van der Waals surface area contributed by atoms with E-state index in [1.807, 2.05) is 0 Å². The van der Waals surface area contributed by atoms with Gasteiger partial charge in [0.2, 0.25) is 0 Å². The van der Waals surface area contributed by atoms with Gasteiger partial charge in [-0.1, -0.05) is 24.3 Å². The summed E-state index contributed by atoms with van der Waals surface area (Å²) in [5.74, 6) is 1.09. The van der Waals surface area contributed by atoms with Gasteiger partial charge in [-0.3, -0.25) is 0 Å². The number of hydrogen-bond acceptors (Lipinski definition) is 1. The summed E-state index contributed by atoms with van der Waals surface area (Å²) in [6.45, 7) is 1.93. The number of aromatic nitrogens is 1. The van der Waals surface area contributed by atoms with Crippen LogP contribution >= 0.6 is 0 Å². The monoisotopic (exact) mass is 275 g/mol. The van der Waals surface area contributed by atoms with Gasteiger partial charge < -0.3 is 9.30 Å². The first-order chi connectivity index (χ1) is 10.4. The van der Waals surface area contributed by atoms with E-state index in [-0.39, 0.29) is 0 Å². The third-order valence-electron chi connectivity index (χ3n) is 4.86. The van der Waals surface area contributed by atoms with Gasteiger partial charge in [0.15, 0.2) is 0 Å². The molecule has 104 valence electrons. The molecule has 21 heavy (non-hydrogen) atoms. The van der Waals surface area contributed by atoms with Crippen LogP contribution in [0, 0.1) is 0 Å². The number of fused-ring (bicyclic) bond motifs is 7. The molecule has 5 rings (SSSR count). The maximum atomic E-state index is 5.79. The molecule has 3 heterocycles. The van der Waals surface area contributed by atoms with Gasteiger partial charge >= 0.3 is 0 Å². The van der Waals surface area contributed by atoms with E-state index in [1.165, 1.54) is 46.1 Å². The quantitative estimate of drug-likeness (QED) is 0.600. The lowest BCUT2D eigenvalue weighted by Crippen LogP contribution is -1.98. The Kier molecular flexibility index (Phi) is 2.25. The van der Waals surface area contributed by atoms with Crippen molar-refractivity contribution in [1.82, 2.24) is 4.57 Å².